The number of rotatable bonds is 7. The van der Waals surface area contributed by atoms with Gasteiger partial charge < -0.3 is 19.2 Å². The minimum Gasteiger partial charge on any atom is -0.503 e. The lowest BCUT2D eigenvalue weighted by Crippen LogP contribution is -2.33. The fraction of sp³-hybridized carbons (Fsp3) is 0.227. The summed E-state index contributed by atoms with van der Waals surface area (Å²) in [5, 5.41) is 11.4. The number of ketones is 1. The molecule has 1 aromatic carbocycles. The van der Waals surface area contributed by atoms with Crippen LogP contribution in [0.15, 0.2) is 68.9 Å². The lowest BCUT2D eigenvalue weighted by atomic mass is 9.98. The Kier molecular flexibility index (Phi) is 5.69. The van der Waals surface area contributed by atoms with E-state index in [1.54, 1.807) is 43.6 Å². The lowest BCUT2D eigenvalue weighted by molar-refractivity contribution is -0.129. The molecule has 0 saturated carbocycles. The molecular weight excluding hydrogens is 452 g/mol. The fourth-order valence-corrected chi connectivity index (χ4v) is 3.98. The molecule has 3 aromatic rings. The van der Waals surface area contributed by atoms with Crippen molar-refractivity contribution in [1.29, 1.82) is 0 Å². The molecule has 8 heteroatoms. The van der Waals surface area contributed by atoms with Gasteiger partial charge in [-0.2, -0.15) is 0 Å². The third-order valence-corrected chi connectivity index (χ3v) is 5.46. The van der Waals surface area contributed by atoms with Crippen LogP contribution < -0.4 is 0 Å². The van der Waals surface area contributed by atoms with Crippen molar-refractivity contribution in [2.45, 2.75) is 12.5 Å². The molecule has 0 radical (unpaired) electrons. The van der Waals surface area contributed by atoms with Gasteiger partial charge in [-0.25, -0.2) is 0 Å². The number of carbonyl (C=O) groups is 2. The molecule has 154 valence electrons. The largest absolute Gasteiger partial charge is 0.503 e. The van der Waals surface area contributed by atoms with E-state index in [-0.39, 0.29) is 11.3 Å². The number of methoxy groups -OCH3 is 1. The summed E-state index contributed by atoms with van der Waals surface area (Å²) < 4.78 is 11.6. The zero-order valence-corrected chi connectivity index (χ0v) is 17.8. The van der Waals surface area contributed by atoms with Gasteiger partial charge in [0.2, 0.25) is 5.78 Å². The Morgan fingerprint density at radius 1 is 1.30 bits per heavy atom. The van der Waals surface area contributed by atoms with Gasteiger partial charge in [0.25, 0.3) is 5.91 Å². The summed E-state index contributed by atoms with van der Waals surface area (Å²) >= 11 is 3.39. The van der Waals surface area contributed by atoms with E-state index in [2.05, 4.69) is 20.9 Å². The number of amides is 1. The molecule has 0 spiro atoms. The highest BCUT2D eigenvalue weighted by Gasteiger charge is 2.44. The van der Waals surface area contributed by atoms with Crippen LogP contribution in [0.1, 0.15) is 28.7 Å². The summed E-state index contributed by atoms with van der Waals surface area (Å²) in [6, 6.07) is 11.4. The zero-order valence-electron chi connectivity index (χ0n) is 16.2. The third kappa shape index (κ3) is 3.64. The van der Waals surface area contributed by atoms with Crippen LogP contribution in [0.25, 0.3) is 11.0 Å². The predicted molar refractivity (Wildman–Crippen MR) is 113 cm³/mol. The molecule has 1 unspecified atom stereocenters. The monoisotopic (exact) mass is 470 g/mol. The SMILES string of the molecule is COCCCN1C(=O)C(O)=C(C(=O)c2cc3cc(Br)ccc3o2)C1c1ccccn1. The number of Topliss-reactive ketones (excluding diaryl/α,β-unsaturated/α-hetero) is 1. The zero-order chi connectivity index (χ0) is 21.3. The maximum absolute atomic E-state index is 13.4. The van der Waals surface area contributed by atoms with Gasteiger partial charge in [-0.05, 0) is 42.8 Å². The highest BCUT2D eigenvalue weighted by atomic mass is 79.9. The normalized spacial score (nSPS) is 16.7. The Labute approximate surface area is 181 Å². The first-order valence-corrected chi connectivity index (χ1v) is 10.2. The fourth-order valence-electron chi connectivity index (χ4n) is 3.60. The quantitative estimate of drug-likeness (QED) is 0.410. The van der Waals surface area contributed by atoms with E-state index in [4.69, 9.17) is 9.15 Å². The number of furan rings is 1. The molecule has 1 amide bonds. The molecule has 0 bridgehead atoms. The van der Waals surface area contributed by atoms with Gasteiger partial charge in [-0.15, -0.1) is 0 Å². The molecule has 1 atom stereocenters. The molecule has 1 aliphatic heterocycles. The van der Waals surface area contributed by atoms with Crippen LogP contribution in [0.4, 0.5) is 0 Å². The van der Waals surface area contributed by atoms with E-state index < -0.39 is 23.5 Å². The van der Waals surface area contributed by atoms with E-state index in [1.165, 1.54) is 4.90 Å². The Hall–Kier alpha value is -2.97. The Morgan fingerprint density at radius 2 is 2.13 bits per heavy atom. The van der Waals surface area contributed by atoms with Crippen molar-refractivity contribution in [2.75, 3.05) is 20.3 Å². The topological polar surface area (TPSA) is 92.9 Å². The van der Waals surface area contributed by atoms with Crippen LogP contribution in [0.5, 0.6) is 0 Å². The Morgan fingerprint density at radius 3 is 2.87 bits per heavy atom. The molecule has 4 rings (SSSR count). The smallest absolute Gasteiger partial charge is 0.290 e. The second-order valence-corrected chi connectivity index (χ2v) is 7.80. The van der Waals surface area contributed by atoms with Gasteiger partial charge in [-0.1, -0.05) is 22.0 Å². The number of halogens is 1. The minimum absolute atomic E-state index is 0.0331. The van der Waals surface area contributed by atoms with Crippen LogP contribution in [0.3, 0.4) is 0 Å². The third-order valence-electron chi connectivity index (χ3n) is 4.97. The number of nitrogens with zero attached hydrogens (tertiary/aromatic N) is 2. The first-order chi connectivity index (χ1) is 14.5. The molecule has 3 heterocycles. The molecule has 0 aliphatic carbocycles. The molecule has 2 aromatic heterocycles. The molecule has 30 heavy (non-hydrogen) atoms. The molecule has 0 fully saturated rings. The summed E-state index contributed by atoms with van der Waals surface area (Å²) in [5.74, 6) is -1.67. The van der Waals surface area contributed by atoms with Crippen LogP contribution in [0, 0.1) is 0 Å². The van der Waals surface area contributed by atoms with E-state index >= 15 is 0 Å². The van der Waals surface area contributed by atoms with Crippen LogP contribution in [-0.4, -0.2) is 46.9 Å². The van der Waals surface area contributed by atoms with Crippen molar-refractivity contribution in [1.82, 2.24) is 9.88 Å². The van der Waals surface area contributed by atoms with Crippen molar-refractivity contribution in [3.63, 3.8) is 0 Å². The summed E-state index contributed by atoms with van der Waals surface area (Å²) in [7, 11) is 1.58. The molecule has 7 nitrogen and oxygen atoms in total. The highest BCUT2D eigenvalue weighted by Crippen LogP contribution is 2.39. The van der Waals surface area contributed by atoms with Crippen molar-refractivity contribution in [2.24, 2.45) is 0 Å². The summed E-state index contributed by atoms with van der Waals surface area (Å²) in [6.07, 6.45) is 2.14. The average molecular weight is 471 g/mol. The van der Waals surface area contributed by atoms with E-state index in [0.717, 1.165) is 9.86 Å². The number of carbonyl (C=O) groups excluding carboxylic acids is 2. The number of benzene rings is 1. The minimum atomic E-state index is -0.803. The molecule has 1 aliphatic rings. The van der Waals surface area contributed by atoms with Crippen LogP contribution in [0.2, 0.25) is 0 Å². The van der Waals surface area contributed by atoms with Gasteiger partial charge in [-0.3, -0.25) is 14.6 Å². The number of fused-ring (bicyclic) bond motifs is 1. The standard InChI is InChI=1S/C22H19BrN2O5/c1-29-10-4-9-25-19(15-5-2-3-8-24-15)18(21(27)22(25)28)20(26)17-12-13-11-14(23)6-7-16(13)30-17/h2-3,5-8,11-12,19,27H,4,9-10H2,1H3. The molecule has 1 N–H and O–H groups in total. The maximum Gasteiger partial charge on any atom is 0.290 e. The van der Waals surface area contributed by atoms with Crippen LogP contribution in [-0.2, 0) is 9.53 Å². The first kappa shape index (κ1) is 20.3. The number of hydrogen-bond acceptors (Lipinski definition) is 6. The van der Waals surface area contributed by atoms with E-state index in [1.807, 2.05) is 12.1 Å². The number of pyridine rings is 1. The summed E-state index contributed by atoms with van der Waals surface area (Å²) in [6.45, 7) is 0.753. The van der Waals surface area contributed by atoms with Gasteiger partial charge >= 0.3 is 0 Å². The van der Waals surface area contributed by atoms with Gasteiger partial charge in [0, 0.05) is 36.3 Å². The van der Waals surface area contributed by atoms with Crippen molar-refractivity contribution in [3.05, 3.63) is 75.9 Å². The van der Waals surface area contributed by atoms with Crippen LogP contribution >= 0.6 is 15.9 Å². The second kappa shape index (κ2) is 8.41. The van der Waals surface area contributed by atoms with Crippen molar-refractivity contribution >= 4 is 38.6 Å². The van der Waals surface area contributed by atoms with E-state index in [9.17, 15) is 14.7 Å². The van der Waals surface area contributed by atoms with Crippen molar-refractivity contribution < 1.29 is 23.8 Å². The van der Waals surface area contributed by atoms with E-state index in [0.29, 0.717) is 30.8 Å². The Balaban J connectivity index is 1.76. The van der Waals surface area contributed by atoms with Gasteiger partial charge in [0.15, 0.2) is 11.5 Å². The maximum atomic E-state index is 13.4. The predicted octanol–water partition coefficient (Wildman–Crippen LogP) is 4.21. The number of ether oxygens (including phenoxy) is 1. The van der Waals surface area contributed by atoms with Crippen molar-refractivity contribution in [3.8, 4) is 0 Å². The number of aliphatic hydroxyl groups is 1. The van der Waals surface area contributed by atoms with Gasteiger partial charge in [0.1, 0.15) is 11.6 Å². The molecule has 0 saturated heterocycles. The number of aromatic nitrogens is 1. The number of hydrogen-bond donors (Lipinski definition) is 1. The number of aliphatic hydroxyl groups excluding tert-OH is 1. The average Bonchev–Trinajstić information content (AvgIpc) is 3.28. The highest BCUT2D eigenvalue weighted by molar-refractivity contribution is 9.10. The first-order valence-electron chi connectivity index (χ1n) is 9.39. The molecular formula is C22H19BrN2O5. The van der Waals surface area contributed by atoms with Gasteiger partial charge in [0.05, 0.1) is 11.3 Å². The lowest BCUT2D eigenvalue weighted by Gasteiger charge is -2.25. The summed E-state index contributed by atoms with van der Waals surface area (Å²) in [5.41, 5.74) is 1.00. The summed E-state index contributed by atoms with van der Waals surface area (Å²) in [4.78, 5) is 31.9. The second-order valence-electron chi connectivity index (χ2n) is 6.89. The Bertz CT molecular complexity index is 1140.